The predicted molar refractivity (Wildman–Crippen MR) is 71.0 cm³/mol. The molecule has 0 bridgehead atoms. The molecule has 1 saturated heterocycles. The first kappa shape index (κ1) is 12.7. The fraction of sp³-hybridized carbons (Fsp3) is 1.00. The second-order valence-corrected chi connectivity index (χ2v) is 7.37. The number of aliphatic hydroxyl groups is 1. The Kier molecular flexibility index (Phi) is 4.57. The summed E-state index contributed by atoms with van der Waals surface area (Å²) in [5, 5.41) is 11.7. The Morgan fingerprint density at radius 1 is 1.00 bits per heavy atom. The Morgan fingerprint density at radius 3 is 2.31 bits per heavy atom. The van der Waals surface area contributed by atoms with Crippen molar-refractivity contribution in [1.29, 1.82) is 0 Å². The van der Waals surface area contributed by atoms with E-state index in [1.165, 1.54) is 25.7 Å². The van der Waals surface area contributed by atoms with Crippen molar-refractivity contribution >= 4 is 11.8 Å². The Hall–Kier alpha value is 0.270. The first-order valence-corrected chi connectivity index (χ1v) is 7.68. The van der Waals surface area contributed by atoms with Crippen LogP contribution in [0.1, 0.15) is 46.0 Å². The molecule has 1 N–H and O–H groups in total. The molecule has 2 aliphatic rings. The summed E-state index contributed by atoms with van der Waals surface area (Å²) >= 11 is 2.09. The molecule has 0 radical (unpaired) electrons. The molecule has 0 aromatic heterocycles. The molecule has 2 rings (SSSR count). The van der Waals surface area contributed by atoms with Gasteiger partial charge in [-0.1, -0.05) is 33.1 Å². The molecule has 0 aromatic rings. The van der Waals surface area contributed by atoms with Crippen LogP contribution in [0.2, 0.25) is 0 Å². The van der Waals surface area contributed by atoms with Gasteiger partial charge in [-0.25, -0.2) is 0 Å². The third-order valence-corrected chi connectivity index (χ3v) is 5.09. The molecule has 0 amide bonds. The van der Waals surface area contributed by atoms with Crippen molar-refractivity contribution < 1.29 is 5.11 Å². The van der Waals surface area contributed by atoms with Gasteiger partial charge in [-0.15, -0.1) is 0 Å². The van der Waals surface area contributed by atoms with Crippen LogP contribution in [-0.4, -0.2) is 45.7 Å². The zero-order valence-electron chi connectivity index (χ0n) is 10.6. The molecule has 3 heteroatoms. The Bertz CT molecular complexity index is 214. The van der Waals surface area contributed by atoms with E-state index in [4.69, 9.17) is 0 Å². The van der Waals surface area contributed by atoms with Gasteiger partial charge < -0.3 is 5.11 Å². The molecule has 4 atom stereocenters. The lowest BCUT2D eigenvalue weighted by Crippen LogP contribution is -2.50. The topological polar surface area (TPSA) is 23.5 Å². The van der Waals surface area contributed by atoms with Gasteiger partial charge in [0.15, 0.2) is 0 Å². The molecule has 0 aromatic carbocycles. The van der Waals surface area contributed by atoms with Crippen LogP contribution < -0.4 is 0 Å². The average Bonchev–Trinajstić information content (AvgIpc) is 2.41. The average molecular weight is 243 g/mol. The number of nitrogens with zero attached hydrogens (tertiary/aromatic N) is 1. The minimum absolute atomic E-state index is 0.0787. The van der Waals surface area contributed by atoms with Crippen LogP contribution in [0, 0.1) is 0 Å². The summed E-state index contributed by atoms with van der Waals surface area (Å²) in [6, 6.07) is 0.438. The van der Waals surface area contributed by atoms with Crippen molar-refractivity contribution in [1.82, 2.24) is 4.90 Å². The highest BCUT2D eigenvalue weighted by Gasteiger charge is 2.32. The normalized spacial score (nSPS) is 42.9. The summed E-state index contributed by atoms with van der Waals surface area (Å²) in [5.74, 6) is 0. The number of thioether (sulfide) groups is 1. The van der Waals surface area contributed by atoms with Gasteiger partial charge in [0.1, 0.15) is 0 Å². The molecular weight excluding hydrogens is 218 g/mol. The summed E-state index contributed by atoms with van der Waals surface area (Å²) in [4.78, 5) is 2.56. The van der Waals surface area contributed by atoms with Crippen LogP contribution >= 0.6 is 11.8 Å². The quantitative estimate of drug-likeness (QED) is 0.716. The van der Waals surface area contributed by atoms with Gasteiger partial charge in [-0.2, -0.15) is 11.8 Å². The fourth-order valence-corrected chi connectivity index (χ4v) is 4.53. The maximum atomic E-state index is 10.2. The van der Waals surface area contributed by atoms with Gasteiger partial charge in [0.05, 0.1) is 6.10 Å². The van der Waals surface area contributed by atoms with Crippen molar-refractivity contribution in [2.24, 2.45) is 0 Å². The molecule has 1 saturated carbocycles. The van der Waals surface area contributed by atoms with Crippen LogP contribution in [-0.2, 0) is 0 Å². The minimum atomic E-state index is -0.0787. The lowest BCUT2D eigenvalue weighted by Gasteiger charge is -2.41. The molecule has 2 nitrogen and oxygen atoms in total. The van der Waals surface area contributed by atoms with Crippen molar-refractivity contribution in [3.8, 4) is 0 Å². The summed E-state index contributed by atoms with van der Waals surface area (Å²) < 4.78 is 0. The van der Waals surface area contributed by atoms with Gasteiger partial charge in [0.25, 0.3) is 0 Å². The molecule has 2 fully saturated rings. The number of aliphatic hydroxyl groups excluding tert-OH is 1. The molecule has 1 heterocycles. The lowest BCUT2D eigenvalue weighted by molar-refractivity contribution is 0.0432. The summed E-state index contributed by atoms with van der Waals surface area (Å²) in [7, 11) is 0. The first-order valence-electron chi connectivity index (χ1n) is 6.74. The van der Waals surface area contributed by atoms with Gasteiger partial charge in [-0.3, -0.25) is 4.90 Å². The van der Waals surface area contributed by atoms with Gasteiger partial charge >= 0.3 is 0 Å². The Labute approximate surface area is 104 Å². The van der Waals surface area contributed by atoms with Crippen molar-refractivity contribution in [2.75, 3.05) is 13.1 Å². The smallest absolute Gasteiger partial charge is 0.0695 e. The van der Waals surface area contributed by atoms with Crippen LogP contribution in [0.15, 0.2) is 0 Å². The van der Waals surface area contributed by atoms with Gasteiger partial charge in [0, 0.05) is 29.6 Å². The van der Waals surface area contributed by atoms with E-state index in [1.807, 2.05) is 0 Å². The molecule has 1 aliphatic carbocycles. The van der Waals surface area contributed by atoms with Crippen LogP contribution in [0.4, 0.5) is 0 Å². The highest BCUT2D eigenvalue weighted by Crippen LogP contribution is 2.30. The third-order valence-electron chi connectivity index (χ3n) is 3.86. The highest BCUT2D eigenvalue weighted by molar-refractivity contribution is 8.00. The predicted octanol–water partition coefficient (Wildman–Crippen LogP) is 2.51. The molecule has 94 valence electrons. The monoisotopic (exact) mass is 243 g/mol. The summed E-state index contributed by atoms with van der Waals surface area (Å²) in [5.41, 5.74) is 0. The Balaban J connectivity index is 1.98. The SMILES string of the molecule is CC1CN(C2CCCCCC2O)CC(C)S1. The lowest BCUT2D eigenvalue weighted by atomic mass is 10.0. The van der Waals surface area contributed by atoms with E-state index < -0.39 is 0 Å². The molecule has 1 aliphatic heterocycles. The molecule has 16 heavy (non-hydrogen) atoms. The van der Waals surface area contributed by atoms with E-state index in [0.717, 1.165) is 30.0 Å². The number of hydrogen-bond acceptors (Lipinski definition) is 3. The Morgan fingerprint density at radius 2 is 1.62 bits per heavy atom. The highest BCUT2D eigenvalue weighted by atomic mass is 32.2. The van der Waals surface area contributed by atoms with Crippen LogP contribution in [0.3, 0.4) is 0 Å². The van der Waals surface area contributed by atoms with Crippen LogP contribution in [0.25, 0.3) is 0 Å². The number of rotatable bonds is 1. The van der Waals surface area contributed by atoms with E-state index in [9.17, 15) is 5.11 Å². The maximum absolute atomic E-state index is 10.2. The van der Waals surface area contributed by atoms with Crippen molar-refractivity contribution in [2.45, 2.75) is 68.6 Å². The molecule has 0 spiro atoms. The van der Waals surface area contributed by atoms with E-state index in [-0.39, 0.29) is 6.10 Å². The molecule has 4 unspecified atom stereocenters. The van der Waals surface area contributed by atoms with Crippen molar-refractivity contribution in [3.05, 3.63) is 0 Å². The summed E-state index contributed by atoms with van der Waals surface area (Å²) in [6.45, 7) is 6.96. The number of hydrogen-bond donors (Lipinski definition) is 1. The van der Waals surface area contributed by atoms with E-state index in [2.05, 4.69) is 30.5 Å². The van der Waals surface area contributed by atoms with Gasteiger partial charge in [0.2, 0.25) is 0 Å². The van der Waals surface area contributed by atoms with E-state index in [1.54, 1.807) is 0 Å². The van der Waals surface area contributed by atoms with Crippen molar-refractivity contribution in [3.63, 3.8) is 0 Å². The zero-order valence-corrected chi connectivity index (χ0v) is 11.4. The largest absolute Gasteiger partial charge is 0.391 e. The van der Waals surface area contributed by atoms with Gasteiger partial charge in [-0.05, 0) is 12.8 Å². The summed E-state index contributed by atoms with van der Waals surface area (Å²) in [6.07, 6.45) is 5.95. The minimum Gasteiger partial charge on any atom is -0.391 e. The third kappa shape index (κ3) is 3.14. The standard InChI is InChI=1S/C13H25NOS/c1-10-8-14(9-11(2)16-10)12-6-4-3-5-7-13(12)15/h10-13,15H,3-9H2,1-2H3. The maximum Gasteiger partial charge on any atom is 0.0695 e. The van der Waals surface area contributed by atoms with E-state index >= 15 is 0 Å². The molecular formula is C13H25NOS. The van der Waals surface area contributed by atoms with E-state index in [0.29, 0.717) is 6.04 Å². The second-order valence-electron chi connectivity index (χ2n) is 5.48. The fourth-order valence-electron chi connectivity index (χ4n) is 3.18. The zero-order chi connectivity index (χ0) is 11.5. The second kappa shape index (κ2) is 5.74. The first-order chi connectivity index (χ1) is 7.66. The van der Waals surface area contributed by atoms with Crippen LogP contribution in [0.5, 0.6) is 0 Å².